The quantitative estimate of drug-likeness (QED) is 0.872. The van der Waals surface area contributed by atoms with Crippen LogP contribution in [-0.4, -0.2) is 63.1 Å². The highest BCUT2D eigenvalue weighted by molar-refractivity contribution is 7.89. The number of sulfonamides is 1. The third-order valence-electron chi connectivity index (χ3n) is 4.61. The van der Waals surface area contributed by atoms with Crippen LogP contribution in [0.25, 0.3) is 0 Å². The number of halogens is 1. The fraction of sp³-hybridized carbons (Fsp3) is 0.625. The van der Waals surface area contributed by atoms with Gasteiger partial charge < -0.3 is 10.0 Å². The highest BCUT2D eigenvalue weighted by Crippen LogP contribution is 2.35. The zero-order chi connectivity index (χ0) is 17.3. The predicted octanol–water partition coefficient (Wildman–Crippen LogP) is 1.97. The maximum atomic E-state index is 12.9. The van der Waals surface area contributed by atoms with E-state index in [4.69, 9.17) is 11.6 Å². The monoisotopic (exact) mass is 360 g/mol. The number of piperidine rings is 1. The van der Waals surface area contributed by atoms with Gasteiger partial charge in [0.05, 0.1) is 11.5 Å². The summed E-state index contributed by atoms with van der Waals surface area (Å²) in [6.07, 6.45) is 1.31. The zero-order valence-corrected chi connectivity index (χ0v) is 15.5. The number of hydrogen-bond acceptors (Lipinski definition) is 4. The summed E-state index contributed by atoms with van der Waals surface area (Å²) in [5.74, 6) is 0. The molecule has 1 aromatic carbocycles. The van der Waals surface area contributed by atoms with E-state index in [-0.39, 0.29) is 16.9 Å². The molecule has 0 saturated carbocycles. The number of rotatable bonds is 5. The molecule has 0 radical (unpaired) electrons. The lowest BCUT2D eigenvalue weighted by Crippen LogP contribution is -2.48. The summed E-state index contributed by atoms with van der Waals surface area (Å²) in [6.45, 7) is 3.40. The summed E-state index contributed by atoms with van der Waals surface area (Å²) in [7, 11) is 0.388. The molecule has 0 atom stereocenters. The van der Waals surface area contributed by atoms with Gasteiger partial charge in [-0.15, -0.1) is 0 Å². The maximum absolute atomic E-state index is 12.9. The molecule has 2 rings (SSSR count). The van der Waals surface area contributed by atoms with Crippen LogP contribution in [0.5, 0.6) is 0 Å². The van der Waals surface area contributed by atoms with Gasteiger partial charge in [0, 0.05) is 30.1 Å². The molecule has 23 heavy (non-hydrogen) atoms. The van der Waals surface area contributed by atoms with Crippen LogP contribution in [0.4, 0.5) is 0 Å². The van der Waals surface area contributed by atoms with Gasteiger partial charge in [0.1, 0.15) is 0 Å². The Labute approximate surface area is 143 Å². The van der Waals surface area contributed by atoms with Gasteiger partial charge in [-0.05, 0) is 51.6 Å². The number of nitrogens with zero attached hydrogens (tertiary/aromatic N) is 2. The van der Waals surface area contributed by atoms with Crippen LogP contribution in [0.15, 0.2) is 23.1 Å². The second-order valence-corrected chi connectivity index (χ2v) is 8.98. The molecular formula is C16H25ClN2O3S. The van der Waals surface area contributed by atoms with Crippen LogP contribution in [0.3, 0.4) is 0 Å². The van der Waals surface area contributed by atoms with Gasteiger partial charge >= 0.3 is 0 Å². The Morgan fingerprint density at radius 2 is 1.91 bits per heavy atom. The van der Waals surface area contributed by atoms with Crippen molar-refractivity contribution < 1.29 is 13.5 Å². The number of benzene rings is 1. The lowest BCUT2D eigenvalue weighted by Gasteiger charge is -2.41. The Kier molecular flexibility index (Phi) is 5.74. The van der Waals surface area contributed by atoms with Crippen molar-refractivity contribution in [1.29, 1.82) is 0 Å². The molecule has 1 aliphatic rings. The predicted molar refractivity (Wildman–Crippen MR) is 92.3 cm³/mol. The van der Waals surface area contributed by atoms with Crippen molar-refractivity contribution in [1.82, 2.24) is 9.21 Å². The molecule has 130 valence electrons. The van der Waals surface area contributed by atoms with Gasteiger partial charge in [-0.2, -0.15) is 4.31 Å². The molecule has 1 aromatic rings. The second-order valence-electron chi connectivity index (χ2n) is 6.66. The Morgan fingerprint density at radius 3 is 2.43 bits per heavy atom. The summed E-state index contributed by atoms with van der Waals surface area (Å²) < 4.78 is 27.3. The summed E-state index contributed by atoms with van der Waals surface area (Å²) in [6, 6.07) is 4.96. The molecule has 1 aliphatic heterocycles. The first kappa shape index (κ1) is 18.7. The van der Waals surface area contributed by atoms with Gasteiger partial charge in [0.15, 0.2) is 0 Å². The fourth-order valence-corrected chi connectivity index (χ4v) is 5.16. The van der Waals surface area contributed by atoms with E-state index in [0.29, 0.717) is 36.5 Å². The van der Waals surface area contributed by atoms with Crippen molar-refractivity contribution in [2.75, 3.05) is 40.3 Å². The molecule has 1 saturated heterocycles. The molecule has 1 fully saturated rings. The second kappa shape index (κ2) is 7.07. The smallest absolute Gasteiger partial charge is 0.243 e. The average Bonchev–Trinajstić information content (AvgIpc) is 2.49. The minimum Gasteiger partial charge on any atom is -0.396 e. The average molecular weight is 361 g/mol. The zero-order valence-electron chi connectivity index (χ0n) is 13.9. The number of aliphatic hydroxyl groups is 1. The maximum Gasteiger partial charge on any atom is 0.243 e. The van der Waals surface area contributed by atoms with Gasteiger partial charge in [-0.25, -0.2) is 8.42 Å². The Bertz CT molecular complexity index is 653. The molecule has 1 N–H and O–H groups in total. The van der Waals surface area contributed by atoms with Gasteiger partial charge in [-0.1, -0.05) is 17.7 Å². The standard InChI is InChI=1S/C16H25ClN2O3S/c1-13-14(17)5-4-6-15(13)23(21,22)19-9-7-16(12-20,8-10-19)11-18(2)3/h4-6,20H,7-12H2,1-3H3. The van der Waals surface area contributed by atoms with Crippen molar-refractivity contribution >= 4 is 21.6 Å². The summed E-state index contributed by atoms with van der Waals surface area (Å²) in [5.41, 5.74) is 0.361. The van der Waals surface area contributed by atoms with Crippen LogP contribution in [0.1, 0.15) is 18.4 Å². The molecule has 0 aromatic heterocycles. The van der Waals surface area contributed by atoms with E-state index in [0.717, 1.165) is 6.54 Å². The molecule has 5 nitrogen and oxygen atoms in total. The van der Waals surface area contributed by atoms with E-state index in [1.54, 1.807) is 25.1 Å². The lowest BCUT2D eigenvalue weighted by atomic mass is 9.79. The van der Waals surface area contributed by atoms with E-state index in [9.17, 15) is 13.5 Å². The summed E-state index contributed by atoms with van der Waals surface area (Å²) >= 11 is 6.06. The van der Waals surface area contributed by atoms with E-state index in [1.807, 2.05) is 19.0 Å². The number of hydrogen-bond donors (Lipinski definition) is 1. The first-order chi connectivity index (χ1) is 10.7. The molecule has 0 amide bonds. The minimum atomic E-state index is -3.55. The van der Waals surface area contributed by atoms with E-state index in [2.05, 4.69) is 0 Å². The largest absolute Gasteiger partial charge is 0.396 e. The third kappa shape index (κ3) is 3.88. The van der Waals surface area contributed by atoms with Gasteiger partial charge in [0.25, 0.3) is 0 Å². The Morgan fingerprint density at radius 1 is 1.30 bits per heavy atom. The lowest BCUT2D eigenvalue weighted by molar-refractivity contribution is 0.0442. The van der Waals surface area contributed by atoms with E-state index < -0.39 is 10.0 Å². The van der Waals surface area contributed by atoms with Crippen molar-refractivity contribution in [2.45, 2.75) is 24.7 Å². The topological polar surface area (TPSA) is 60.9 Å². The van der Waals surface area contributed by atoms with Gasteiger partial charge in [0.2, 0.25) is 10.0 Å². The van der Waals surface area contributed by atoms with Crippen molar-refractivity contribution in [3.05, 3.63) is 28.8 Å². The van der Waals surface area contributed by atoms with Gasteiger partial charge in [-0.3, -0.25) is 0 Å². The normalized spacial score (nSPS) is 19.2. The van der Waals surface area contributed by atoms with Crippen LogP contribution in [0, 0.1) is 12.3 Å². The fourth-order valence-electron chi connectivity index (χ4n) is 3.24. The molecule has 0 spiro atoms. The number of aliphatic hydroxyl groups excluding tert-OH is 1. The third-order valence-corrected chi connectivity index (χ3v) is 7.06. The summed E-state index contributed by atoms with van der Waals surface area (Å²) in [4.78, 5) is 2.32. The van der Waals surface area contributed by atoms with E-state index >= 15 is 0 Å². The SMILES string of the molecule is Cc1c(Cl)cccc1S(=O)(=O)N1CCC(CO)(CN(C)C)CC1. The van der Waals surface area contributed by atoms with Crippen molar-refractivity contribution in [3.8, 4) is 0 Å². The Hall–Kier alpha value is -0.660. The van der Waals surface area contributed by atoms with E-state index in [1.165, 1.54) is 4.31 Å². The molecule has 7 heteroatoms. The van der Waals surface area contributed by atoms with Crippen LogP contribution in [-0.2, 0) is 10.0 Å². The van der Waals surface area contributed by atoms with Crippen molar-refractivity contribution in [2.24, 2.45) is 5.41 Å². The molecule has 0 unspecified atom stereocenters. The van der Waals surface area contributed by atoms with Crippen molar-refractivity contribution in [3.63, 3.8) is 0 Å². The molecule has 0 bridgehead atoms. The van der Waals surface area contributed by atoms with Crippen LogP contribution in [0.2, 0.25) is 5.02 Å². The summed E-state index contributed by atoms with van der Waals surface area (Å²) in [5, 5.41) is 10.2. The molecular weight excluding hydrogens is 336 g/mol. The first-order valence-electron chi connectivity index (χ1n) is 7.73. The molecule has 0 aliphatic carbocycles. The molecule has 1 heterocycles. The van der Waals surface area contributed by atoms with Crippen LogP contribution < -0.4 is 0 Å². The minimum absolute atomic E-state index is 0.0786. The highest BCUT2D eigenvalue weighted by atomic mass is 35.5. The highest BCUT2D eigenvalue weighted by Gasteiger charge is 2.38. The first-order valence-corrected chi connectivity index (χ1v) is 9.54. The Balaban J connectivity index is 2.20. The van der Waals surface area contributed by atoms with Crippen LogP contribution >= 0.6 is 11.6 Å².